The Labute approximate surface area is 244 Å². The minimum Gasteiger partial charge on any atom is -0.493 e. The van der Waals surface area contributed by atoms with Gasteiger partial charge in [-0.2, -0.15) is 5.26 Å². The van der Waals surface area contributed by atoms with Crippen molar-refractivity contribution in [2.24, 2.45) is 5.92 Å². The first-order valence-corrected chi connectivity index (χ1v) is 13.9. The number of rotatable bonds is 12. The van der Waals surface area contributed by atoms with Crippen molar-refractivity contribution in [1.82, 2.24) is 10.2 Å². The van der Waals surface area contributed by atoms with E-state index >= 15 is 0 Å². The summed E-state index contributed by atoms with van der Waals surface area (Å²) in [5, 5.41) is 21.8. The Kier molecular flexibility index (Phi) is 9.77. The summed E-state index contributed by atoms with van der Waals surface area (Å²) < 4.78 is 17.3. The van der Waals surface area contributed by atoms with Gasteiger partial charge < -0.3 is 19.1 Å². The van der Waals surface area contributed by atoms with Crippen molar-refractivity contribution in [1.29, 1.82) is 5.26 Å². The molecule has 0 aliphatic heterocycles. The third-order valence-electron chi connectivity index (χ3n) is 6.42. The predicted molar refractivity (Wildman–Crippen MR) is 161 cm³/mol. The first-order chi connectivity index (χ1) is 19.8. The normalized spacial score (nSPS) is 11.3. The Morgan fingerprint density at radius 3 is 2.37 bits per heavy atom. The number of nitrogens with one attached hydrogen (secondary N) is 1. The number of aryl methyl sites for hydroxylation is 2. The second-order valence-corrected chi connectivity index (χ2v) is 10.6. The summed E-state index contributed by atoms with van der Waals surface area (Å²) in [6.07, 6.45) is 0.201. The quantitative estimate of drug-likeness (QED) is 0.217. The van der Waals surface area contributed by atoms with Gasteiger partial charge in [0.2, 0.25) is 11.0 Å². The maximum atomic E-state index is 12.9. The number of methoxy groups -OCH3 is 1. The Morgan fingerprint density at radius 1 is 1.00 bits per heavy atom. The van der Waals surface area contributed by atoms with Crippen LogP contribution in [-0.4, -0.2) is 50.5 Å². The topological polar surface area (TPSA) is 110 Å². The van der Waals surface area contributed by atoms with Gasteiger partial charge >= 0.3 is 0 Å². The van der Waals surface area contributed by atoms with E-state index in [0.29, 0.717) is 34.9 Å². The summed E-state index contributed by atoms with van der Waals surface area (Å²) in [6, 6.07) is 21.4. The molecule has 1 aromatic heterocycles. The summed E-state index contributed by atoms with van der Waals surface area (Å²) in [4.78, 5) is 14.9. The predicted octanol–water partition coefficient (Wildman–Crippen LogP) is 5.68. The monoisotopic (exact) mass is 571 g/mol. The molecule has 1 N–H and O–H groups in total. The van der Waals surface area contributed by atoms with Crippen molar-refractivity contribution >= 4 is 28.1 Å². The van der Waals surface area contributed by atoms with Crippen molar-refractivity contribution in [3.05, 3.63) is 77.4 Å². The average Bonchev–Trinajstić information content (AvgIpc) is 3.44. The van der Waals surface area contributed by atoms with Gasteiger partial charge in [-0.15, -0.1) is 10.2 Å². The fraction of sp³-hybridized carbons (Fsp3) is 0.290. The molecule has 0 saturated carbocycles. The summed E-state index contributed by atoms with van der Waals surface area (Å²) >= 11 is 1.26. The van der Waals surface area contributed by atoms with Crippen LogP contribution in [0, 0.1) is 31.1 Å². The lowest BCUT2D eigenvalue weighted by Crippen LogP contribution is -2.23. The Bertz CT molecular complexity index is 1510. The number of hydrogen-bond donors (Lipinski definition) is 1. The Morgan fingerprint density at radius 2 is 1.71 bits per heavy atom. The van der Waals surface area contributed by atoms with Crippen LogP contribution < -0.4 is 24.4 Å². The summed E-state index contributed by atoms with van der Waals surface area (Å²) in [6.45, 7) is 4.73. The van der Waals surface area contributed by atoms with Gasteiger partial charge in [0.05, 0.1) is 13.2 Å². The summed E-state index contributed by atoms with van der Waals surface area (Å²) in [5.74, 6) is 0.563. The molecular weight excluding hydrogens is 538 g/mol. The van der Waals surface area contributed by atoms with Crippen LogP contribution in [0.2, 0.25) is 0 Å². The fourth-order valence-electron chi connectivity index (χ4n) is 4.20. The number of para-hydroxylation sites is 1. The molecule has 4 aromatic rings. The number of anilines is 2. The van der Waals surface area contributed by atoms with Gasteiger partial charge in [0, 0.05) is 25.3 Å². The molecule has 0 radical (unpaired) electrons. The van der Waals surface area contributed by atoms with Crippen molar-refractivity contribution in [3.63, 3.8) is 0 Å². The van der Waals surface area contributed by atoms with E-state index in [0.717, 1.165) is 33.7 Å². The molecule has 10 heteroatoms. The third kappa shape index (κ3) is 7.52. The van der Waals surface area contributed by atoms with Crippen molar-refractivity contribution in [2.75, 3.05) is 44.6 Å². The number of hydrogen-bond acceptors (Lipinski definition) is 9. The van der Waals surface area contributed by atoms with E-state index in [1.54, 1.807) is 19.2 Å². The first-order valence-electron chi connectivity index (χ1n) is 13.1. The molecule has 0 fully saturated rings. The van der Waals surface area contributed by atoms with Crippen LogP contribution in [0.3, 0.4) is 0 Å². The van der Waals surface area contributed by atoms with E-state index in [9.17, 15) is 10.1 Å². The second-order valence-electron chi connectivity index (χ2n) is 9.63. The van der Waals surface area contributed by atoms with Gasteiger partial charge in [-0.25, -0.2) is 0 Å². The van der Waals surface area contributed by atoms with E-state index in [-0.39, 0.29) is 6.42 Å². The molecule has 1 atom stereocenters. The molecule has 0 aliphatic carbocycles. The van der Waals surface area contributed by atoms with Gasteiger partial charge in [0.25, 0.3) is 0 Å². The van der Waals surface area contributed by atoms with Crippen LogP contribution in [0.4, 0.5) is 10.8 Å². The zero-order chi connectivity index (χ0) is 29.4. The highest BCUT2D eigenvalue weighted by Crippen LogP contribution is 2.31. The van der Waals surface area contributed by atoms with Gasteiger partial charge in [-0.1, -0.05) is 35.6 Å². The molecule has 9 nitrogen and oxygen atoms in total. The molecule has 0 bridgehead atoms. The zero-order valence-corrected chi connectivity index (χ0v) is 24.6. The maximum Gasteiger partial charge on any atom is 0.243 e. The van der Waals surface area contributed by atoms with Crippen LogP contribution in [0.25, 0.3) is 10.6 Å². The molecule has 4 rings (SSSR count). The lowest BCUT2D eigenvalue weighted by atomic mass is 9.99. The van der Waals surface area contributed by atoms with Gasteiger partial charge in [-0.05, 0) is 73.4 Å². The van der Waals surface area contributed by atoms with Gasteiger partial charge in [-0.3, -0.25) is 10.1 Å². The largest absolute Gasteiger partial charge is 0.493 e. The number of benzene rings is 3. The third-order valence-corrected chi connectivity index (χ3v) is 7.31. The highest BCUT2D eigenvalue weighted by atomic mass is 32.1. The maximum absolute atomic E-state index is 12.9. The van der Waals surface area contributed by atoms with E-state index in [1.165, 1.54) is 11.3 Å². The number of nitriles is 1. The molecule has 1 heterocycles. The van der Waals surface area contributed by atoms with Crippen LogP contribution in [0.1, 0.15) is 16.7 Å². The van der Waals surface area contributed by atoms with Gasteiger partial charge in [0.1, 0.15) is 29.9 Å². The van der Waals surface area contributed by atoms with E-state index in [2.05, 4.69) is 21.6 Å². The number of carbonyl (C=O) groups excluding carboxylic acids is 1. The summed E-state index contributed by atoms with van der Waals surface area (Å²) in [5.41, 5.74) is 4.88. The van der Waals surface area contributed by atoms with Gasteiger partial charge in [0.15, 0.2) is 11.5 Å². The highest BCUT2D eigenvalue weighted by Gasteiger charge is 2.21. The lowest BCUT2D eigenvalue weighted by Gasteiger charge is -2.15. The molecule has 1 amide bonds. The van der Waals surface area contributed by atoms with Crippen molar-refractivity contribution in [3.8, 4) is 33.9 Å². The van der Waals surface area contributed by atoms with Crippen LogP contribution in [0.15, 0.2) is 60.7 Å². The Hall–Kier alpha value is -4.62. The van der Waals surface area contributed by atoms with Crippen molar-refractivity contribution in [2.45, 2.75) is 20.3 Å². The molecule has 0 saturated heterocycles. The second kappa shape index (κ2) is 13.6. The minimum absolute atomic E-state index is 0.201. The molecule has 0 spiro atoms. The van der Waals surface area contributed by atoms with Crippen LogP contribution in [0.5, 0.6) is 17.2 Å². The molecule has 0 aliphatic rings. The summed E-state index contributed by atoms with van der Waals surface area (Å²) in [7, 11) is 5.50. The molecule has 3 aromatic carbocycles. The van der Waals surface area contributed by atoms with Crippen molar-refractivity contribution < 1.29 is 19.0 Å². The number of carbonyl (C=O) groups is 1. The standard InChI is InChI=1S/C31H33N5O4S/c1-20-7-6-8-21(2)28(20)40-16-15-39-26-14-9-22(18-27(26)38-5)17-24(19-32)29(37)33-31-35-34-30(41-31)23-10-12-25(13-11-23)36(3)4/h6-14,18,24H,15-17H2,1-5H3,(H,33,35,37). The van der Waals surface area contributed by atoms with Crippen LogP contribution in [-0.2, 0) is 11.2 Å². The smallest absolute Gasteiger partial charge is 0.243 e. The number of ether oxygens (including phenoxy) is 3. The fourth-order valence-corrected chi connectivity index (χ4v) is 4.95. The first kappa shape index (κ1) is 29.4. The zero-order valence-electron chi connectivity index (χ0n) is 23.8. The molecule has 212 valence electrons. The van der Waals surface area contributed by atoms with E-state index < -0.39 is 11.8 Å². The van der Waals surface area contributed by atoms with E-state index in [1.807, 2.05) is 81.4 Å². The highest BCUT2D eigenvalue weighted by molar-refractivity contribution is 7.18. The Balaban J connectivity index is 1.33. The lowest BCUT2D eigenvalue weighted by molar-refractivity contribution is -0.118. The van der Waals surface area contributed by atoms with E-state index in [4.69, 9.17) is 14.2 Å². The molecule has 1 unspecified atom stereocenters. The minimum atomic E-state index is -0.927. The SMILES string of the molecule is COc1cc(CC(C#N)C(=O)Nc2nnc(-c3ccc(N(C)C)cc3)s2)ccc1OCCOc1c(C)cccc1C. The number of nitrogens with zero attached hydrogens (tertiary/aromatic N) is 4. The van der Waals surface area contributed by atoms with Crippen LogP contribution >= 0.6 is 11.3 Å². The number of amides is 1. The molecular formula is C31H33N5O4S. The number of aromatic nitrogens is 2. The average molecular weight is 572 g/mol. The molecule has 41 heavy (non-hydrogen) atoms.